The molecule has 3 N–H and O–H groups in total. The number of nitrogens with zero attached hydrogens (tertiary/aromatic N) is 5. The van der Waals surface area contributed by atoms with Crippen LogP contribution in [0.5, 0.6) is 6.01 Å². The molecular weight excluding hydrogens is 688 g/mol. The van der Waals surface area contributed by atoms with Gasteiger partial charge in [-0.2, -0.15) is 45.1 Å². The molecule has 0 saturated carbocycles. The summed E-state index contributed by atoms with van der Waals surface area (Å²) < 4.78 is 150. The van der Waals surface area contributed by atoms with E-state index < -0.39 is 80.7 Å². The molecule has 3 aromatic rings. The predicted molar refractivity (Wildman–Crippen MR) is 166 cm³/mol. The fraction of sp³-hybridized carbons (Fsp3) is 0.531. The van der Waals surface area contributed by atoms with E-state index in [4.69, 9.17) is 10.5 Å². The monoisotopic (exact) mass is 723 g/mol. The normalized spacial score (nSPS) is 20.8. The van der Waals surface area contributed by atoms with Gasteiger partial charge in [0, 0.05) is 37.2 Å². The fourth-order valence-electron chi connectivity index (χ4n) is 7.12. The number of ether oxygens (including phenoxy) is 1. The number of nitrogens with two attached hydrogens (primary N) is 1. The van der Waals surface area contributed by atoms with E-state index in [1.807, 2.05) is 13.8 Å². The second kappa shape index (κ2) is 13.7. The van der Waals surface area contributed by atoms with Crippen LogP contribution in [0.15, 0.2) is 24.3 Å². The van der Waals surface area contributed by atoms with Gasteiger partial charge in [-0.05, 0) is 51.8 Å². The number of pyridine rings is 1. The van der Waals surface area contributed by atoms with Gasteiger partial charge in [0.2, 0.25) is 0 Å². The van der Waals surface area contributed by atoms with Crippen molar-refractivity contribution in [2.75, 3.05) is 50.0 Å². The van der Waals surface area contributed by atoms with Gasteiger partial charge in [0.1, 0.15) is 35.1 Å². The number of anilines is 2. The second-order valence-electron chi connectivity index (χ2n) is 12.5. The first kappa shape index (κ1) is 37.3. The fourth-order valence-corrected chi connectivity index (χ4v) is 7.12. The molecule has 50 heavy (non-hydrogen) atoms. The molecule has 2 aromatic heterocycles. The van der Waals surface area contributed by atoms with Crippen LogP contribution in [0.4, 0.5) is 55.5 Å². The third kappa shape index (κ3) is 7.13. The molecule has 5 heterocycles. The molecule has 3 aliphatic heterocycles. The summed E-state index contributed by atoms with van der Waals surface area (Å²) >= 11 is 0. The van der Waals surface area contributed by atoms with Crippen molar-refractivity contribution in [1.82, 2.24) is 25.2 Å². The lowest BCUT2D eigenvalue weighted by atomic mass is 9.95. The predicted octanol–water partition coefficient (Wildman–Crippen LogP) is 7.57. The van der Waals surface area contributed by atoms with Crippen LogP contribution in [0.2, 0.25) is 0 Å². The molecule has 1 aromatic carbocycles. The summed E-state index contributed by atoms with van der Waals surface area (Å²) in [5, 5.41) is 2.30. The molecule has 0 amide bonds. The third-order valence-electron chi connectivity index (χ3n) is 9.15. The molecule has 6 rings (SSSR count). The van der Waals surface area contributed by atoms with Crippen molar-refractivity contribution in [2.24, 2.45) is 0 Å². The van der Waals surface area contributed by atoms with E-state index in [1.165, 1.54) is 11.8 Å². The van der Waals surface area contributed by atoms with Crippen LogP contribution in [0.25, 0.3) is 22.2 Å². The Bertz CT molecular complexity index is 1770. The number of fused-ring (bicyclic) bond motifs is 2. The first-order valence-electron chi connectivity index (χ1n) is 16.0. The first-order valence-corrected chi connectivity index (χ1v) is 16.0. The van der Waals surface area contributed by atoms with E-state index in [-0.39, 0.29) is 43.7 Å². The zero-order valence-corrected chi connectivity index (χ0v) is 27.3. The molecular formula is C32H35F10N7O. The van der Waals surface area contributed by atoms with Crippen LogP contribution in [0, 0.1) is 11.6 Å². The van der Waals surface area contributed by atoms with Gasteiger partial charge in [0.15, 0.2) is 5.82 Å². The molecule has 8 nitrogen and oxygen atoms in total. The van der Waals surface area contributed by atoms with Crippen molar-refractivity contribution >= 4 is 22.5 Å². The molecule has 0 spiro atoms. The average Bonchev–Trinajstić information content (AvgIpc) is 3.59. The van der Waals surface area contributed by atoms with Crippen LogP contribution in [-0.2, 0) is 12.4 Å². The number of alkyl halides is 6. The first-order chi connectivity index (χ1) is 23.4. The smallest absolute Gasteiger partial charge is 0.421 e. The van der Waals surface area contributed by atoms with E-state index in [9.17, 15) is 39.5 Å². The Kier molecular flexibility index (Phi) is 10.2. The zero-order valence-electron chi connectivity index (χ0n) is 27.3. The minimum absolute atomic E-state index is 0.00549. The maximum atomic E-state index is 16.6. The summed E-state index contributed by atoms with van der Waals surface area (Å²) in [6.45, 7) is 6.84. The summed E-state index contributed by atoms with van der Waals surface area (Å²) in [5.74, 6) is -5.23. The number of hydrogen-bond donors (Lipinski definition) is 2. The summed E-state index contributed by atoms with van der Waals surface area (Å²) in [7, 11) is 0. The number of hydrogen-bond acceptors (Lipinski definition) is 8. The Morgan fingerprint density at radius 2 is 1.64 bits per heavy atom. The Hall–Kier alpha value is -3.93. The zero-order chi connectivity index (χ0) is 36.8. The van der Waals surface area contributed by atoms with E-state index in [2.05, 4.69) is 25.2 Å². The maximum absolute atomic E-state index is 16.6. The summed E-state index contributed by atoms with van der Waals surface area (Å²) in [6, 6.07) is 0.00971. The summed E-state index contributed by atoms with van der Waals surface area (Å²) in [5.41, 5.74) is -4.88. The van der Waals surface area contributed by atoms with Crippen molar-refractivity contribution in [3.63, 3.8) is 0 Å². The number of nitrogen functional groups attached to an aromatic ring is 1. The number of halogens is 10. The molecule has 0 aliphatic carbocycles. The van der Waals surface area contributed by atoms with E-state index >= 15 is 4.39 Å². The topological polar surface area (TPSA) is 92.4 Å². The van der Waals surface area contributed by atoms with Gasteiger partial charge in [0.05, 0.1) is 27.9 Å². The number of aromatic nitrogens is 3. The SMILES string of the molecule is CC.CC1(C=C(F)F)CN(c2nc(OCC34CCCN3CCC4)nc3c(F)c(-c4nc(N)cc(F)c4C(F)(F)F)c(C(F)(F)F)cc23)CCN1. The van der Waals surface area contributed by atoms with Crippen LogP contribution in [-0.4, -0.2) is 70.3 Å². The van der Waals surface area contributed by atoms with Crippen LogP contribution < -0.4 is 20.7 Å². The molecule has 0 radical (unpaired) electrons. The Morgan fingerprint density at radius 1 is 0.980 bits per heavy atom. The van der Waals surface area contributed by atoms with Crippen molar-refractivity contribution in [1.29, 1.82) is 0 Å². The maximum Gasteiger partial charge on any atom is 0.421 e. The van der Waals surface area contributed by atoms with E-state index in [1.54, 1.807) is 0 Å². The average molecular weight is 724 g/mol. The quantitative estimate of drug-likeness (QED) is 0.252. The van der Waals surface area contributed by atoms with Crippen LogP contribution in [0.3, 0.4) is 0 Å². The lowest BCUT2D eigenvalue weighted by Gasteiger charge is -2.40. The van der Waals surface area contributed by atoms with Gasteiger partial charge in [-0.1, -0.05) is 13.8 Å². The second-order valence-corrected chi connectivity index (χ2v) is 12.5. The van der Waals surface area contributed by atoms with Crippen molar-refractivity contribution in [3.05, 3.63) is 47.1 Å². The third-order valence-corrected chi connectivity index (χ3v) is 9.15. The number of benzene rings is 1. The van der Waals surface area contributed by atoms with Gasteiger partial charge in [-0.15, -0.1) is 0 Å². The number of nitrogens with one attached hydrogen (secondary N) is 1. The Morgan fingerprint density at radius 3 is 2.24 bits per heavy atom. The highest BCUT2D eigenvalue weighted by Crippen LogP contribution is 2.47. The van der Waals surface area contributed by atoms with Crippen molar-refractivity contribution < 1.29 is 48.6 Å². The molecule has 18 heteroatoms. The highest BCUT2D eigenvalue weighted by Gasteiger charge is 2.46. The summed E-state index contributed by atoms with van der Waals surface area (Å²) in [4.78, 5) is 15.2. The standard InChI is InChI=1S/C30H29F10N7O.C2H6/c1-27(12-18(32)33)13-46(9-6-42-27)25-15-10-16(29(35,36)37)20(24-21(30(38,39)40)17(31)11-19(41)43-24)22(34)23(15)44-26(45-25)48-14-28-4-2-7-47(28)8-3-5-28;1-2/h10-12,42H,2-9,13-14H2,1H3,(H2,41,43);1-2H3. The lowest BCUT2D eigenvalue weighted by molar-refractivity contribution is -0.141. The Labute approximate surface area is 280 Å². The molecule has 3 fully saturated rings. The summed E-state index contributed by atoms with van der Waals surface area (Å²) in [6.07, 6.45) is -9.22. The molecule has 3 saturated heterocycles. The molecule has 0 bridgehead atoms. The molecule has 3 aliphatic rings. The highest BCUT2D eigenvalue weighted by molar-refractivity contribution is 5.95. The largest absolute Gasteiger partial charge is 0.461 e. The van der Waals surface area contributed by atoms with E-state index in [0.717, 1.165) is 38.8 Å². The minimum Gasteiger partial charge on any atom is -0.461 e. The highest BCUT2D eigenvalue weighted by atomic mass is 19.4. The van der Waals surface area contributed by atoms with Gasteiger partial charge in [0.25, 0.3) is 6.08 Å². The lowest BCUT2D eigenvalue weighted by Crippen LogP contribution is -2.58. The van der Waals surface area contributed by atoms with E-state index in [0.29, 0.717) is 12.1 Å². The van der Waals surface area contributed by atoms with Crippen LogP contribution in [0.1, 0.15) is 57.6 Å². The molecule has 274 valence electrons. The van der Waals surface area contributed by atoms with Crippen molar-refractivity contribution in [2.45, 2.75) is 69.9 Å². The van der Waals surface area contributed by atoms with Crippen LogP contribution >= 0.6 is 0 Å². The van der Waals surface area contributed by atoms with Gasteiger partial charge >= 0.3 is 18.4 Å². The van der Waals surface area contributed by atoms with Gasteiger partial charge in [-0.3, -0.25) is 4.90 Å². The number of piperazine rings is 1. The minimum atomic E-state index is -5.60. The van der Waals surface area contributed by atoms with Crippen molar-refractivity contribution in [3.8, 4) is 17.3 Å². The van der Waals surface area contributed by atoms with Gasteiger partial charge in [-0.25, -0.2) is 13.8 Å². The number of rotatable bonds is 6. The molecule has 1 atom stereocenters. The molecule has 1 unspecified atom stereocenters. The van der Waals surface area contributed by atoms with Gasteiger partial charge < -0.3 is 20.7 Å². The Balaban J connectivity index is 0.00000239.